The van der Waals surface area contributed by atoms with Crippen LogP contribution in [-0.2, 0) is 32.7 Å². The smallest absolute Gasteiger partial charge is 0 e. The molecule has 0 rings (SSSR count). The third-order valence-corrected chi connectivity index (χ3v) is 0.471. The van der Waals surface area contributed by atoms with E-state index in [-0.39, 0.29) is 38.8 Å². The SMILES string of the molecule is [CH2-][C@@H](O)CC.[Y]. The molecule has 0 aliphatic rings. The standard InChI is InChI=1S/C4H9O.Y/c1-3-4(2)5;/h4-5H,2-3H2,1H3;/q-1;/t4-;/m1./s1. The summed E-state index contributed by atoms with van der Waals surface area (Å²) >= 11 is 0. The van der Waals surface area contributed by atoms with E-state index in [4.69, 9.17) is 5.11 Å². The number of hydrogen-bond donors (Lipinski definition) is 1. The van der Waals surface area contributed by atoms with Crippen LogP contribution in [0, 0.1) is 6.92 Å². The first-order chi connectivity index (χ1) is 2.27. The summed E-state index contributed by atoms with van der Waals surface area (Å²) in [4.78, 5) is 0. The Morgan fingerprint density at radius 2 is 2.00 bits per heavy atom. The van der Waals surface area contributed by atoms with E-state index in [2.05, 4.69) is 6.92 Å². The molecule has 0 fully saturated rings. The number of aliphatic hydroxyl groups is 1. The summed E-state index contributed by atoms with van der Waals surface area (Å²) < 4.78 is 0. The summed E-state index contributed by atoms with van der Waals surface area (Å²) in [6, 6.07) is 0. The Bertz CT molecular complexity index is 21.5. The van der Waals surface area contributed by atoms with Crippen molar-refractivity contribution in [1.82, 2.24) is 0 Å². The first kappa shape index (κ1) is 10.1. The van der Waals surface area contributed by atoms with Gasteiger partial charge in [0, 0.05) is 32.7 Å². The fourth-order valence-corrected chi connectivity index (χ4v) is 0. The van der Waals surface area contributed by atoms with E-state index in [0.717, 1.165) is 6.42 Å². The molecule has 0 aromatic heterocycles. The zero-order valence-electron chi connectivity index (χ0n) is 4.02. The fourth-order valence-electron chi connectivity index (χ4n) is 0. The van der Waals surface area contributed by atoms with Gasteiger partial charge in [-0.05, 0) is 0 Å². The maximum atomic E-state index is 8.25. The average Bonchev–Trinajstić information content (AvgIpc) is 1.38. The molecule has 2 heteroatoms. The quantitative estimate of drug-likeness (QED) is 0.559. The van der Waals surface area contributed by atoms with Gasteiger partial charge >= 0.3 is 0 Å². The molecule has 1 nitrogen and oxygen atoms in total. The van der Waals surface area contributed by atoms with Crippen molar-refractivity contribution >= 4 is 0 Å². The van der Waals surface area contributed by atoms with E-state index in [1.54, 1.807) is 0 Å². The van der Waals surface area contributed by atoms with Crippen LogP contribution in [0.15, 0.2) is 0 Å². The van der Waals surface area contributed by atoms with Crippen LogP contribution in [0.5, 0.6) is 0 Å². The monoisotopic (exact) mass is 162 g/mol. The van der Waals surface area contributed by atoms with Gasteiger partial charge < -0.3 is 12.0 Å². The third kappa shape index (κ3) is 8.91. The molecule has 0 spiro atoms. The molecule has 0 aromatic carbocycles. The van der Waals surface area contributed by atoms with Crippen LogP contribution >= 0.6 is 0 Å². The van der Waals surface area contributed by atoms with Crippen molar-refractivity contribution in [3.05, 3.63) is 6.92 Å². The van der Waals surface area contributed by atoms with Crippen molar-refractivity contribution in [1.29, 1.82) is 0 Å². The number of aliphatic hydroxyl groups excluding tert-OH is 1. The van der Waals surface area contributed by atoms with Gasteiger partial charge in [-0.1, -0.05) is 19.4 Å². The molecule has 0 saturated heterocycles. The minimum absolute atomic E-state index is 0. The van der Waals surface area contributed by atoms with E-state index < -0.39 is 0 Å². The van der Waals surface area contributed by atoms with Gasteiger partial charge in [0.25, 0.3) is 0 Å². The first-order valence-corrected chi connectivity index (χ1v) is 1.78. The molecule has 0 amide bonds. The minimum atomic E-state index is -0.366. The molecule has 0 aliphatic carbocycles. The maximum absolute atomic E-state index is 8.25. The molecule has 0 aliphatic heterocycles. The molecule has 0 bridgehead atoms. The third-order valence-electron chi connectivity index (χ3n) is 0.471. The van der Waals surface area contributed by atoms with Gasteiger partial charge in [0.05, 0.1) is 0 Å². The Balaban J connectivity index is 0. The molecule has 0 heterocycles. The molecule has 1 radical (unpaired) electrons. The van der Waals surface area contributed by atoms with Crippen molar-refractivity contribution < 1.29 is 37.8 Å². The molecule has 1 atom stereocenters. The van der Waals surface area contributed by atoms with Crippen LogP contribution < -0.4 is 0 Å². The Kier molecular flexibility index (Phi) is 10.2. The molecule has 6 heavy (non-hydrogen) atoms. The largest absolute Gasteiger partial charge is 0.425 e. The Hall–Kier alpha value is 1.06. The van der Waals surface area contributed by atoms with Crippen molar-refractivity contribution in [3.8, 4) is 0 Å². The van der Waals surface area contributed by atoms with Crippen LogP contribution in [0.2, 0.25) is 0 Å². The Labute approximate surface area is 64.0 Å². The molecule has 0 unspecified atom stereocenters. The van der Waals surface area contributed by atoms with E-state index in [0.29, 0.717) is 0 Å². The normalized spacial score (nSPS) is 12.5. The second-order valence-corrected chi connectivity index (χ2v) is 1.06. The Morgan fingerprint density at radius 1 is 1.83 bits per heavy atom. The van der Waals surface area contributed by atoms with Crippen LogP contribution in [0.3, 0.4) is 0 Å². The van der Waals surface area contributed by atoms with Gasteiger partial charge in [-0.15, -0.1) is 0 Å². The molecule has 35 valence electrons. The second-order valence-electron chi connectivity index (χ2n) is 1.06. The zero-order chi connectivity index (χ0) is 4.28. The van der Waals surface area contributed by atoms with Crippen LogP contribution in [0.4, 0.5) is 0 Å². The van der Waals surface area contributed by atoms with Crippen LogP contribution in [0.25, 0.3) is 0 Å². The van der Waals surface area contributed by atoms with E-state index in [1.165, 1.54) is 0 Å². The van der Waals surface area contributed by atoms with Crippen LogP contribution in [-0.4, -0.2) is 11.2 Å². The van der Waals surface area contributed by atoms with Crippen LogP contribution in [0.1, 0.15) is 13.3 Å². The molecular formula is C4H9OY-. The van der Waals surface area contributed by atoms with Gasteiger partial charge in [0.15, 0.2) is 0 Å². The zero-order valence-corrected chi connectivity index (χ0v) is 6.85. The minimum Gasteiger partial charge on any atom is -0.425 e. The predicted octanol–water partition coefficient (Wildman–Crippen LogP) is 0.589. The number of rotatable bonds is 1. The van der Waals surface area contributed by atoms with E-state index in [1.807, 2.05) is 6.92 Å². The maximum Gasteiger partial charge on any atom is 0 e. The average molecular weight is 162 g/mol. The summed E-state index contributed by atoms with van der Waals surface area (Å²) in [5.74, 6) is 0. The molecule has 0 aromatic rings. The van der Waals surface area contributed by atoms with E-state index in [9.17, 15) is 0 Å². The summed E-state index contributed by atoms with van der Waals surface area (Å²) in [7, 11) is 0. The molecule has 1 N–H and O–H groups in total. The molecule has 0 saturated carbocycles. The summed E-state index contributed by atoms with van der Waals surface area (Å²) in [5.41, 5.74) is 0. The first-order valence-electron chi connectivity index (χ1n) is 1.78. The summed E-state index contributed by atoms with van der Waals surface area (Å²) in [6.07, 6.45) is 0.384. The van der Waals surface area contributed by atoms with Crippen molar-refractivity contribution in [2.75, 3.05) is 0 Å². The predicted molar refractivity (Wildman–Crippen MR) is 21.7 cm³/mol. The van der Waals surface area contributed by atoms with Gasteiger partial charge in [-0.2, -0.15) is 0 Å². The summed E-state index contributed by atoms with van der Waals surface area (Å²) in [6.45, 7) is 5.20. The topological polar surface area (TPSA) is 20.2 Å². The van der Waals surface area contributed by atoms with Crippen molar-refractivity contribution in [3.63, 3.8) is 0 Å². The van der Waals surface area contributed by atoms with Crippen molar-refractivity contribution in [2.24, 2.45) is 0 Å². The second kappa shape index (κ2) is 6.06. The van der Waals surface area contributed by atoms with Gasteiger partial charge in [-0.25, -0.2) is 0 Å². The van der Waals surface area contributed by atoms with E-state index >= 15 is 0 Å². The van der Waals surface area contributed by atoms with Gasteiger partial charge in [0.1, 0.15) is 0 Å². The fraction of sp³-hybridized carbons (Fsp3) is 0.750. The molecular weight excluding hydrogens is 153 g/mol. The van der Waals surface area contributed by atoms with Crippen molar-refractivity contribution in [2.45, 2.75) is 19.4 Å². The Morgan fingerprint density at radius 3 is 2.00 bits per heavy atom. The van der Waals surface area contributed by atoms with Gasteiger partial charge in [-0.3, -0.25) is 0 Å². The number of hydrogen-bond acceptors (Lipinski definition) is 1. The van der Waals surface area contributed by atoms with Gasteiger partial charge in [0.2, 0.25) is 0 Å². The summed E-state index contributed by atoms with van der Waals surface area (Å²) in [5, 5.41) is 8.25.